The molecule has 0 aliphatic heterocycles. The Labute approximate surface area is 171 Å². The molecule has 3 rings (SSSR count). The number of halogens is 1. The average Bonchev–Trinajstić information content (AvgIpc) is 3.05. The van der Waals surface area contributed by atoms with Crippen LogP contribution in [0.25, 0.3) is 10.2 Å². The number of aryl methyl sites for hydroxylation is 2. The van der Waals surface area contributed by atoms with E-state index >= 15 is 0 Å². The molecule has 0 unspecified atom stereocenters. The first-order valence-electron chi connectivity index (χ1n) is 8.30. The number of rotatable bonds is 4. The molecule has 0 radical (unpaired) electrons. The maximum atomic E-state index is 12.4. The minimum Gasteiger partial charge on any atom is -0.492 e. The average molecular weight is 420 g/mol. The fourth-order valence-corrected chi connectivity index (χ4v) is 4.04. The molecule has 0 fully saturated rings. The lowest BCUT2D eigenvalue weighted by Crippen LogP contribution is -2.34. The van der Waals surface area contributed by atoms with E-state index in [1.54, 1.807) is 18.2 Å². The predicted octanol–water partition coefficient (Wildman–Crippen LogP) is 5.09. The van der Waals surface area contributed by atoms with E-state index in [9.17, 15) is 4.79 Å². The number of thiazole rings is 1. The largest absolute Gasteiger partial charge is 0.492 e. The molecule has 0 saturated heterocycles. The summed E-state index contributed by atoms with van der Waals surface area (Å²) in [5.41, 5.74) is 3.58. The number of anilines is 1. The number of nitrogens with zero attached hydrogens (tertiary/aromatic N) is 1. The Hall–Kier alpha value is -2.22. The molecule has 0 aliphatic carbocycles. The van der Waals surface area contributed by atoms with Crippen LogP contribution in [0.3, 0.4) is 0 Å². The molecule has 8 heteroatoms. The van der Waals surface area contributed by atoms with Crippen molar-refractivity contribution in [3.05, 3.63) is 52.0 Å². The molecule has 0 saturated carbocycles. The van der Waals surface area contributed by atoms with Crippen LogP contribution in [0.2, 0.25) is 5.02 Å². The van der Waals surface area contributed by atoms with Crippen molar-refractivity contribution >= 4 is 61.5 Å². The van der Waals surface area contributed by atoms with E-state index in [1.165, 1.54) is 11.3 Å². The third-order valence-electron chi connectivity index (χ3n) is 3.88. The number of carbonyl (C=O) groups excluding carboxylic acids is 1. The van der Waals surface area contributed by atoms with Gasteiger partial charge < -0.3 is 10.1 Å². The molecule has 3 aromatic rings. The molecule has 0 bridgehead atoms. The number of nitrogens with one attached hydrogen (secondary N) is 2. The lowest BCUT2D eigenvalue weighted by molar-refractivity contribution is 0.0977. The second kappa shape index (κ2) is 8.21. The van der Waals surface area contributed by atoms with Gasteiger partial charge in [0.25, 0.3) is 5.91 Å². The summed E-state index contributed by atoms with van der Waals surface area (Å²) in [6.45, 7) is 6.42. The number of thiocarbonyl (C=S) groups is 1. The molecular formula is C19H18ClN3O2S2. The summed E-state index contributed by atoms with van der Waals surface area (Å²) in [7, 11) is 0. The van der Waals surface area contributed by atoms with Crippen molar-refractivity contribution in [3.8, 4) is 5.75 Å². The molecule has 2 N–H and O–H groups in total. The van der Waals surface area contributed by atoms with Gasteiger partial charge in [0.2, 0.25) is 0 Å². The zero-order valence-corrected chi connectivity index (χ0v) is 17.4. The molecule has 27 heavy (non-hydrogen) atoms. The van der Waals surface area contributed by atoms with E-state index in [1.807, 2.05) is 26.8 Å². The highest BCUT2D eigenvalue weighted by atomic mass is 35.5. The van der Waals surface area contributed by atoms with E-state index in [-0.39, 0.29) is 11.0 Å². The van der Waals surface area contributed by atoms with Gasteiger partial charge in [0.15, 0.2) is 10.2 Å². The number of benzene rings is 2. The number of ether oxygens (including phenoxy) is 1. The number of amides is 1. The van der Waals surface area contributed by atoms with Crippen LogP contribution in [-0.4, -0.2) is 22.6 Å². The van der Waals surface area contributed by atoms with Crippen molar-refractivity contribution in [3.63, 3.8) is 0 Å². The molecule has 140 valence electrons. The molecule has 1 heterocycles. The molecular weight excluding hydrogens is 402 g/mol. The van der Waals surface area contributed by atoms with Crippen molar-refractivity contribution in [2.24, 2.45) is 0 Å². The molecule has 0 aliphatic rings. The SMILES string of the molecule is CCOc1ccc(C(=O)NC(=S)Nc2nc3c(C)ccc(C)c3s2)cc1Cl. The van der Waals surface area contributed by atoms with E-state index in [4.69, 9.17) is 28.6 Å². The quantitative estimate of drug-likeness (QED) is 0.576. The number of fused-ring (bicyclic) bond motifs is 1. The van der Waals surface area contributed by atoms with Crippen molar-refractivity contribution < 1.29 is 9.53 Å². The van der Waals surface area contributed by atoms with Gasteiger partial charge in [-0.2, -0.15) is 0 Å². The maximum absolute atomic E-state index is 12.4. The zero-order chi connectivity index (χ0) is 19.6. The monoisotopic (exact) mass is 419 g/mol. The zero-order valence-electron chi connectivity index (χ0n) is 15.1. The highest BCUT2D eigenvalue weighted by Gasteiger charge is 2.13. The Kier molecular flexibility index (Phi) is 5.94. The first-order chi connectivity index (χ1) is 12.9. The van der Waals surface area contributed by atoms with Crippen LogP contribution in [0.15, 0.2) is 30.3 Å². The Morgan fingerprint density at radius 3 is 2.67 bits per heavy atom. The van der Waals surface area contributed by atoms with Crippen LogP contribution < -0.4 is 15.4 Å². The standard InChI is InChI=1S/C19H18ClN3O2S2/c1-4-25-14-8-7-12(9-13(14)20)17(24)22-18(26)23-19-21-15-10(2)5-6-11(3)16(15)27-19/h5-9H,4H2,1-3H3,(H2,21,22,23,24,26). The summed E-state index contributed by atoms with van der Waals surface area (Å²) in [4.78, 5) is 17.0. The normalized spacial score (nSPS) is 10.7. The van der Waals surface area contributed by atoms with Gasteiger partial charge in [-0.1, -0.05) is 35.1 Å². The lowest BCUT2D eigenvalue weighted by Gasteiger charge is -2.09. The smallest absolute Gasteiger partial charge is 0.257 e. The van der Waals surface area contributed by atoms with Crippen LogP contribution in [0.1, 0.15) is 28.4 Å². The molecule has 1 amide bonds. The Balaban J connectivity index is 1.70. The first-order valence-corrected chi connectivity index (χ1v) is 9.90. The first kappa shape index (κ1) is 19.5. The van der Waals surface area contributed by atoms with Gasteiger partial charge in [-0.15, -0.1) is 0 Å². The van der Waals surface area contributed by atoms with Gasteiger partial charge >= 0.3 is 0 Å². The van der Waals surface area contributed by atoms with Gasteiger partial charge in [-0.05, 0) is 62.3 Å². The summed E-state index contributed by atoms with van der Waals surface area (Å²) >= 11 is 12.9. The summed E-state index contributed by atoms with van der Waals surface area (Å²) in [5, 5.41) is 6.82. The number of carbonyl (C=O) groups is 1. The molecule has 0 spiro atoms. The van der Waals surface area contributed by atoms with E-state index in [0.717, 1.165) is 21.3 Å². The van der Waals surface area contributed by atoms with Gasteiger partial charge in [0, 0.05) is 5.56 Å². The minimum atomic E-state index is -0.356. The van der Waals surface area contributed by atoms with Gasteiger partial charge in [0.05, 0.1) is 21.8 Å². The second-order valence-corrected chi connectivity index (χ2v) is 7.70. The predicted molar refractivity (Wildman–Crippen MR) is 115 cm³/mol. The number of hydrogen-bond donors (Lipinski definition) is 2. The molecule has 0 atom stereocenters. The van der Waals surface area contributed by atoms with E-state index < -0.39 is 0 Å². The molecule has 1 aromatic heterocycles. The summed E-state index contributed by atoms with van der Waals surface area (Å²) in [6.07, 6.45) is 0. The Morgan fingerprint density at radius 1 is 1.26 bits per heavy atom. The van der Waals surface area contributed by atoms with Crippen molar-refractivity contribution in [1.82, 2.24) is 10.3 Å². The van der Waals surface area contributed by atoms with Crippen LogP contribution in [0.5, 0.6) is 5.75 Å². The maximum Gasteiger partial charge on any atom is 0.257 e. The van der Waals surface area contributed by atoms with Crippen molar-refractivity contribution in [2.75, 3.05) is 11.9 Å². The fraction of sp³-hybridized carbons (Fsp3) is 0.211. The van der Waals surface area contributed by atoms with Crippen molar-refractivity contribution in [2.45, 2.75) is 20.8 Å². The molecule has 2 aromatic carbocycles. The van der Waals surface area contributed by atoms with Crippen LogP contribution in [0.4, 0.5) is 5.13 Å². The third kappa shape index (κ3) is 4.37. The van der Waals surface area contributed by atoms with Gasteiger partial charge in [0.1, 0.15) is 5.75 Å². The highest BCUT2D eigenvalue weighted by Crippen LogP contribution is 2.31. The van der Waals surface area contributed by atoms with E-state index in [2.05, 4.69) is 21.7 Å². The lowest BCUT2D eigenvalue weighted by atomic mass is 10.1. The number of aromatic nitrogens is 1. The highest BCUT2D eigenvalue weighted by molar-refractivity contribution is 7.80. The topological polar surface area (TPSA) is 63.2 Å². The minimum absolute atomic E-state index is 0.180. The summed E-state index contributed by atoms with van der Waals surface area (Å²) in [5.74, 6) is 0.183. The van der Waals surface area contributed by atoms with Crippen LogP contribution in [0, 0.1) is 13.8 Å². The fourth-order valence-electron chi connectivity index (χ4n) is 2.53. The third-order valence-corrected chi connectivity index (χ3v) is 5.49. The second-order valence-electron chi connectivity index (χ2n) is 5.88. The van der Waals surface area contributed by atoms with E-state index in [0.29, 0.717) is 28.1 Å². The molecule has 5 nitrogen and oxygen atoms in total. The number of hydrogen-bond acceptors (Lipinski definition) is 5. The van der Waals surface area contributed by atoms with Gasteiger partial charge in [-0.3, -0.25) is 10.1 Å². The summed E-state index contributed by atoms with van der Waals surface area (Å²) < 4.78 is 6.47. The Bertz CT molecular complexity index is 994. The van der Waals surface area contributed by atoms with Crippen LogP contribution >= 0.6 is 35.2 Å². The Morgan fingerprint density at radius 2 is 2.00 bits per heavy atom. The van der Waals surface area contributed by atoms with Crippen LogP contribution in [-0.2, 0) is 0 Å². The summed E-state index contributed by atoms with van der Waals surface area (Å²) in [6, 6.07) is 8.96. The van der Waals surface area contributed by atoms with Gasteiger partial charge in [-0.25, -0.2) is 4.98 Å². The van der Waals surface area contributed by atoms with Crippen molar-refractivity contribution in [1.29, 1.82) is 0 Å².